The zero-order valence-electron chi connectivity index (χ0n) is 25.8. The Bertz CT molecular complexity index is 870. The van der Waals surface area contributed by atoms with Crippen molar-refractivity contribution in [1.82, 2.24) is 0 Å². The zero-order chi connectivity index (χ0) is 26.5. The number of allylic oxidation sites excluding steroid dienone is 1. The molecule has 0 aromatic carbocycles. The van der Waals surface area contributed by atoms with Crippen molar-refractivity contribution in [2.45, 2.75) is 133 Å². The number of hydrogen-bond acceptors (Lipinski definition) is 1. The molecule has 0 aromatic heterocycles. The molecule has 2 spiro atoms. The Morgan fingerprint density at radius 2 is 1.47 bits per heavy atom. The standard InChI is InChI=1S/C35H60O/c1-22(2)25(6)26(23(3)4)20-24(5)27-14-16-33(10)29-13-12-28-31(7,8)30(36-11)15-17-34(28)21-35(29,34)19-18-32(27,33)9/h23-30H,1,12-21H2,2-11H3. The molecule has 206 valence electrons. The Hall–Kier alpha value is -0.300. The van der Waals surface area contributed by atoms with Crippen molar-refractivity contribution in [1.29, 1.82) is 0 Å². The van der Waals surface area contributed by atoms with Gasteiger partial charge in [-0.05, 0) is 140 Å². The van der Waals surface area contributed by atoms with Gasteiger partial charge in [-0.1, -0.05) is 67.5 Å². The van der Waals surface area contributed by atoms with Gasteiger partial charge in [-0.15, -0.1) is 0 Å². The van der Waals surface area contributed by atoms with Crippen LogP contribution in [-0.4, -0.2) is 13.2 Å². The van der Waals surface area contributed by atoms with Crippen LogP contribution >= 0.6 is 0 Å². The second-order valence-electron chi connectivity index (χ2n) is 16.5. The molecule has 5 saturated carbocycles. The first-order valence-corrected chi connectivity index (χ1v) is 15.9. The molecule has 0 radical (unpaired) electrons. The fourth-order valence-corrected chi connectivity index (χ4v) is 12.7. The molecular formula is C35H60O. The van der Waals surface area contributed by atoms with E-state index in [4.69, 9.17) is 4.74 Å². The van der Waals surface area contributed by atoms with Crippen molar-refractivity contribution in [3.05, 3.63) is 12.2 Å². The van der Waals surface area contributed by atoms with E-state index >= 15 is 0 Å². The van der Waals surface area contributed by atoms with Gasteiger partial charge in [0, 0.05) is 7.11 Å². The van der Waals surface area contributed by atoms with E-state index in [2.05, 4.69) is 68.9 Å². The first kappa shape index (κ1) is 27.3. The molecule has 11 atom stereocenters. The Labute approximate surface area is 225 Å². The van der Waals surface area contributed by atoms with Crippen molar-refractivity contribution in [2.24, 2.45) is 68.5 Å². The van der Waals surface area contributed by atoms with Crippen LogP contribution in [0.2, 0.25) is 0 Å². The number of hydrogen-bond donors (Lipinski definition) is 0. The molecule has 5 fully saturated rings. The molecule has 0 heterocycles. The lowest BCUT2D eigenvalue weighted by Gasteiger charge is -2.63. The summed E-state index contributed by atoms with van der Waals surface area (Å²) in [7, 11) is 1.96. The highest BCUT2D eigenvalue weighted by Crippen LogP contribution is 2.89. The molecule has 5 aliphatic carbocycles. The van der Waals surface area contributed by atoms with E-state index in [1.54, 1.807) is 6.42 Å². The van der Waals surface area contributed by atoms with Gasteiger partial charge in [0.15, 0.2) is 0 Å². The lowest BCUT2D eigenvalue weighted by molar-refractivity contribution is -0.166. The summed E-state index contributed by atoms with van der Waals surface area (Å²) in [4.78, 5) is 0. The molecule has 1 heteroatoms. The monoisotopic (exact) mass is 496 g/mol. The topological polar surface area (TPSA) is 9.23 Å². The fourth-order valence-electron chi connectivity index (χ4n) is 12.7. The predicted octanol–water partition coefficient (Wildman–Crippen LogP) is 9.95. The van der Waals surface area contributed by atoms with Crippen LogP contribution in [0.3, 0.4) is 0 Å². The smallest absolute Gasteiger partial charge is 0.0625 e. The van der Waals surface area contributed by atoms with Gasteiger partial charge in [0.05, 0.1) is 6.10 Å². The molecule has 0 aromatic rings. The summed E-state index contributed by atoms with van der Waals surface area (Å²) in [5, 5.41) is 0. The Balaban J connectivity index is 1.39. The molecule has 36 heavy (non-hydrogen) atoms. The van der Waals surface area contributed by atoms with Crippen LogP contribution < -0.4 is 0 Å². The summed E-state index contributed by atoms with van der Waals surface area (Å²) >= 11 is 0. The number of methoxy groups -OCH3 is 1. The largest absolute Gasteiger partial charge is 0.381 e. The minimum atomic E-state index is 0.335. The Kier molecular flexibility index (Phi) is 6.51. The van der Waals surface area contributed by atoms with Crippen LogP contribution in [0.4, 0.5) is 0 Å². The molecule has 0 amide bonds. The van der Waals surface area contributed by atoms with Gasteiger partial charge in [0.2, 0.25) is 0 Å². The SMILES string of the molecule is C=C(C)C(C)C(CC(C)C1CCC2(C)C3CCC4C(C)(C)C(OC)CCC45CC35CCC12C)C(C)C. The van der Waals surface area contributed by atoms with Crippen LogP contribution in [0.15, 0.2) is 12.2 Å². The highest BCUT2D eigenvalue weighted by atomic mass is 16.5. The molecule has 11 unspecified atom stereocenters. The average molecular weight is 497 g/mol. The molecule has 0 saturated heterocycles. The van der Waals surface area contributed by atoms with E-state index < -0.39 is 0 Å². The molecule has 1 nitrogen and oxygen atoms in total. The van der Waals surface area contributed by atoms with Crippen molar-refractivity contribution in [3.8, 4) is 0 Å². The van der Waals surface area contributed by atoms with Gasteiger partial charge in [-0.25, -0.2) is 0 Å². The maximum Gasteiger partial charge on any atom is 0.0625 e. The molecule has 0 aliphatic heterocycles. The van der Waals surface area contributed by atoms with Crippen molar-refractivity contribution in [2.75, 3.05) is 7.11 Å². The molecule has 0 bridgehead atoms. The summed E-state index contributed by atoms with van der Waals surface area (Å²) in [6.07, 6.45) is 15.0. The summed E-state index contributed by atoms with van der Waals surface area (Å²) in [5.41, 5.74) is 4.07. The average Bonchev–Trinajstić information content (AvgIpc) is 3.38. The Morgan fingerprint density at radius 3 is 2.08 bits per heavy atom. The molecule has 5 rings (SSSR count). The van der Waals surface area contributed by atoms with Gasteiger partial charge in [0.25, 0.3) is 0 Å². The van der Waals surface area contributed by atoms with E-state index in [1.165, 1.54) is 63.4 Å². The second-order valence-corrected chi connectivity index (χ2v) is 16.5. The van der Waals surface area contributed by atoms with Gasteiger partial charge < -0.3 is 4.74 Å². The maximum atomic E-state index is 6.07. The molecule has 5 aliphatic rings. The van der Waals surface area contributed by atoms with Gasteiger partial charge >= 0.3 is 0 Å². The second kappa shape index (κ2) is 8.60. The zero-order valence-corrected chi connectivity index (χ0v) is 25.8. The highest BCUT2D eigenvalue weighted by molar-refractivity contribution is 5.30. The van der Waals surface area contributed by atoms with Crippen LogP contribution in [-0.2, 0) is 4.74 Å². The normalized spacial score (nSPS) is 49.3. The van der Waals surface area contributed by atoms with Crippen LogP contribution in [0.25, 0.3) is 0 Å². The predicted molar refractivity (Wildman–Crippen MR) is 154 cm³/mol. The number of ether oxygens (including phenoxy) is 1. The van der Waals surface area contributed by atoms with E-state index in [1.807, 2.05) is 7.11 Å². The van der Waals surface area contributed by atoms with Crippen molar-refractivity contribution < 1.29 is 4.74 Å². The minimum Gasteiger partial charge on any atom is -0.381 e. The summed E-state index contributed by atoms with van der Waals surface area (Å²) < 4.78 is 6.07. The van der Waals surface area contributed by atoms with Crippen molar-refractivity contribution >= 4 is 0 Å². The maximum absolute atomic E-state index is 6.07. The van der Waals surface area contributed by atoms with E-state index in [0.29, 0.717) is 39.1 Å². The number of fused-ring (bicyclic) bond motifs is 2. The molecule has 0 N–H and O–H groups in total. The fraction of sp³-hybridized carbons (Fsp3) is 0.943. The molecular weight excluding hydrogens is 436 g/mol. The summed E-state index contributed by atoms with van der Waals surface area (Å²) in [6, 6.07) is 0. The lowest BCUT2D eigenvalue weighted by Crippen LogP contribution is -2.57. The van der Waals surface area contributed by atoms with Gasteiger partial charge in [-0.2, -0.15) is 0 Å². The minimum absolute atomic E-state index is 0.335. The highest BCUT2D eigenvalue weighted by Gasteiger charge is 2.82. The van der Waals surface area contributed by atoms with Crippen LogP contribution in [0.5, 0.6) is 0 Å². The van der Waals surface area contributed by atoms with Crippen molar-refractivity contribution in [3.63, 3.8) is 0 Å². The Morgan fingerprint density at radius 1 is 0.833 bits per heavy atom. The summed E-state index contributed by atoms with van der Waals surface area (Å²) in [6.45, 7) is 27.3. The third kappa shape index (κ3) is 3.35. The first-order valence-electron chi connectivity index (χ1n) is 15.9. The van der Waals surface area contributed by atoms with E-state index in [-0.39, 0.29) is 0 Å². The number of rotatable bonds is 7. The quantitative estimate of drug-likeness (QED) is 0.319. The summed E-state index contributed by atoms with van der Waals surface area (Å²) in [5.74, 6) is 5.69. The van der Waals surface area contributed by atoms with E-state index in [9.17, 15) is 0 Å². The van der Waals surface area contributed by atoms with Crippen LogP contribution in [0.1, 0.15) is 127 Å². The van der Waals surface area contributed by atoms with Crippen LogP contribution in [0, 0.1) is 68.5 Å². The third-order valence-corrected chi connectivity index (χ3v) is 15.0. The first-order chi connectivity index (χ1) is 16.7. The van der Waals surface area contributed by atoms with Gasteiger partial charge in [-0.3, -0.25) is 0 Å². The third-order valence-electron chi connectivity index (χ3n) is 15.0. The van der Waals surface area contributed by atoms with E-state index in [0.717, 1.165) is 35.5 Å². The lowest BCUT2D eigenvalue weighted by atomic mass is 9.41. The van der Waals surface area contributed by atoms with Gasteiger partial charge in [0.1, 0.15) is 0 Å².